The van der Waals surface area contributed by atoms with Gasteiger partial charge in [-0.2, -0.15) is 11.8 Å². The number of nitrogens with one attached hydrogen (secondary N) is 6. The van der Waals surface area contributed by atoms with Gasteiger partial charge in [-0.3, -0.25) is 33.6 Å². The quantitative estimate of drug-likeness (QED) is 0.0199. The van der Waals surface area contributed by atoms with Gasteiger partial charge in [0.15, 0.2) is 0 Å². The minimum atomic E-state index is -1.25. The molecular formula is C81H158N10O12S. The van der Waals surface area contributed by atoms with Gasteiger partial charge in [0, 0.05) is 37.3 Å². The molecule has 16 N–H and O–H groups in total. The van der Waals surface area contributed by atoms with Crippen LogP contribution in [0.25, 0.3) is 0 Å². The van der Waals surface area contributed by atoms with E-state index in [1.807, 2.05) is 0 Å². The Labute approximate surface area is 636 Å². The van der Waals surface area contributed by atoms with E-state index in [1.165, 1.54) is 185 Å². The summed E-state index contributed by atoms with van der Waals surface area (Å²) >= 11 is 1.42. The van der Waals surface area contributed by atoms with Gasteiger partial charge in [0.1, 0.15) is 42.9 Å². The fourth-order valence-corrected chi connectivity index (χ4v) is 14.0. The molecule has 0 fully saturated rings. The van der Waals surface area contributed by atoms with Crippen LogP contribution in [0.3, 0.4) is 0 Å². The van der Waals surface area contributed by atoms with E-state index in [4.69, 9.17) is 32.4 Å². The molecular weight excluding hydrogens is 1340 g/mol. The second-order valence-electron chi connectivity index (χ2n) is 29.4. The SMILES string of the molecule is CCCCCCCCCCCCCCCC(=O)N[C@H](CN[C@@H](CO)C(=O)N[C@@H](CCCCN)C(=O)N[C@@H](CCCCN)C(=O)N[C@@H](CCCCN)C(=O)N[C@@H](CCCCN)C(=O)O)CSCC(COC(=O)CCCCCCCCCCCCCCC)OC(=O)CCCCCCCCCCCCCCC. The van der Waals surface area contributed by atoms with Gasteiger partial charge in [0.25, 0.3) is 0 Å². The molecule has 0 aromatic carbocycles. The number of hydrogen-bond donors (Lipinski definition) is 12. The summed E-state index contributed by atoms with van der Waals surface area (Å²) in [6.07, 6.45) is 50.7. The third kappa shape index (κ3) is 60.8. The summed E-state index contributed by atoms with van der Waals surface area (Å²) in [5.41, 5.74) is 23.1. The Kier molecular flexibility index (Phi) is 71.4. The van der Waals surface area contributed by atoms with Crippen LogP contribution in [0, 0.1) is 0 Å². The zero-order chi connectivity index (χ0) is 76.6. The number of amides is 5. The molecule has 22 nitrogen and oxygen atoms in total. The van der Waals surface area contributed by atoms with Crippen LogP contribution in [0.1, 0.15) is 367 Å². The lowest BCUT2D eigenvalue weighted by atomic mass is 10.0. The number of carbonyl (C=O) groups is 8. The van der Waals surface area contributed by atoms with Crippen LogP contribution in [0.5, 0.6) is 0 Å². The first-order valence-corrected chi connectivity index (χ1v) is 43.6. The van der Waals surface area contributed by atoms with Crippen LogP contribution in [-0.2, 0) is 47.8 Å². The molecule has 0 saturated heterocycles. The van der Waals surface area contributed by atoms with Gasteiger partial charge >= 0.3 is 17.9 Å². The van der Waals surface area contributed by atoms with Crippen LogP contribution in [0.4, 0.5) is 0 Å². The highest BCUT2D eigenvalue weighted by molar-refractivity contribution is 7.99. The zero-order valence-corrected chi connectivity index (χ0v) is 67.1. The molecule has 0 spiro atoms. The van der Waals surface area contributed by atoms with Crippen LogP contribution >= 0.6 is 11.8 Å². The average Bonchev–Trinajstić information content (AvgIpc) is 0.868. The van der Waals surface area contributed by atoms with Crippen molar-refractivity contribution in [2.75, 3.05) is 57.4 Å². The molecule has 0 rings (SSSR count). The van der Waals surface area contributed by atoms with Crippen LogP contribution in [0.15, 0.2) is 0 Å². The Balaban J connectivity index is 6.51. The highest BCUT2D eigenvalue weighted by Gasteiger charge is 2.33. The lowest BCUT2D eigenvalue weighted by Gasteiger charge is -2.27. The number of ether oxygens (including phenoxy) is 2. The van der Waals surface area contributed by atoms with Crippen LogP contribution < -0.4 is 54.8 Å². The molecule has 0 aliphatic carbocycles. The van der Waals surface area contributed by atoms with E-state index in [-0.39, 0.29) is 75.3 Å². The van der Waals surface area contributed by atoms with Crippen molar-refractivity contribution in [2.24, 2.45) is 22.9 Å². The topological polar surface area (TPSA) is 372 Å². The van der Waals surface area contributed by atoms with Crippen molar-refractivity contribution in [3.63, 3.8) is 0 Å². The van der Waals surface area contributed by atoms with Crippen molar-refractivity contribution >= 4 is 59.2 Å². The molecule has 0 bridgehead atoms. The Morgan fingerprint density at radius 3 is 0.971 bits per heavy atom. The number of thioether (sulfide) groups is 1. The van der Waals surface area contributed by atoms with Gasteiger partial charge < -0.3 is 74.5 Å². The molecule has 23 heteroatoms. The highest BCUT2D eigenvalue weighted by atomic mass is 32.2. The number of unbranched alkanes of at least 4 members (excludes halogenated alkanes) is 40. The number of aliphatic hydroxyl groups is 1. The summed E-state index contributed by atoms with van der Waals surface area (Å²) < 4.78 is 11.9. The monoisotopic (exact) mass is 1500 g/mol. The first kappa shape index (κ1) is 99.9. The van der Waals surface area contributed by atoms with E-state index >= 15 is 0 Å². The van der Waals surface area contributed by atoms with Gasteiger partial charge in [-0.15, -0.1) is 0 Å². The number of nitrogens with two attached hydrogens (primary N) is 4. The number of carbonyl (C=O) groups excluding carboxylic acids is 7. The molecule has 0 aliphatic rings. The highest BCUT2D eigenvalue weighted by Crippen LogP contribution is 2.19. The van der Waals surface area contributed by atoms with E-state index in [9.17, 15) is 48.6 Å². The van der Waals surface area contributed by atoms with Crippen LogP contribution in [0.2, 0.25) is 0 Å². The fraction of sp³-hybridized carbons (Fsp3) is 0.901. The molecule has 7 atom stereocenters. The minimum absolute atomic E-state index is 0.0297. The summed E-state index contributed by atoms with van der Waals surface area (Å²) in [5.74, 6) is -4.27. The number of hydrogen-bond acceptors (Lipinski definition) is 17. The molecule has 104 heavy (non-hydrogen) atoms. The van der Waals surface area contributed by atoms with Crippen molar-refractivity contribution < 1.29 is 58.0 Å². The molecule has 0 aliphatic heterocycles. The number of aliphatic carboxylic acids is 1. The van der Waals surface area contributed by atoms with Crippen molar-refractivity contribution in [3.8, 4) is 0 Å². The summed E-state index contributed by atoms with van der Waals surface area (Å²) in [6, 6.07) is -6.58. The lowest BCUT2D eigenvalue weighted by Crippen LogP contribution is -2.59. The Hall–Kier alpha value is -4.13. The van der Waals surface area contributed by atoms with E-state index in [0.717, 1.165) is 64.2 Å². The zero-order valence-electron chi connectivity index (χ0n) is 66.3. The second-order valence-corrected chi connectivity index (χ2v) is 30.5. The van der Waals surface area contributed by atoms with Crippen molar-refractivity contribution in [2.45, 2.75) is 410 Å². The molecule has 0 aromatic heterocycles. The smallest absolute Gasteiger partial charge is 0.326 e. The predicted octanol–water partition coefficient (Wildman–Crippen LogP) is 13.6. The largest absolute Gasteiger partial charge is 0.480 e. The first-order chi connectivity index (χ1) is 50.6. The van der Waals surface area contributed by atoms with E-state index in [2.05, 4.69) is 52.7 Å². The lowest BCUT2D eigenvalue weighted by molar-refractivity contribution is -0.157. The normalized spacial score (nSPS) is 13.5. The molecule has 0 radical (unpaired) electrons. The second kappa shape index (κ2) is 74.3. The van der Waals surface area contributed by atoms with Gasteiger partial charge in [-0.1, -0.05) is 252 Å². The third-order valence-corrected chi connectivity index (χ3v) is 20.8. The Bertz CT molecular complexity index is 2090. The van der Waals surface area contributed by atoms with Crippen molar-refractivity contribution in [1.82, 2.24) is 31.9 Å². The number of carboxylic acids is 1. The third-order valence-electron chi connectivity index (χ3n) is 19.6. The van der Waals surface area contributed by atoms with E-state index in [0.29, 0.717) is 103 Å². The number of aliphatic hydroxyl groups excluding tert-OH is 1. The Morgan fingerprint density at radius 2 is 0.644 bits per heavy atom. The summed E-state index contributed by atoms with van der Waals surface area (Å²) in [4.78, 5) is 109. The number of rotatable bonds is 79. The molecule has 610 valence electrons. The van der Waals surface area contributed by atoms with Gasteiger partial charge in [-0.05, 0) is 122 Å². The maximum Gasteiger partial charge on any atom is 0.326 e. The molecule has 0 aromatic rings. The van der Waals surface area contributed by atoms with Crippen molar-refractivity contribution in [3.05, 3.63) is 0 Å². The maximum absolute atomic E-state index is 14.4. The first-order valence-electron chi connectivity index (χ1n) is 42.5. The van der Waals surface area contributed by atoms with Crippen LogP contribution in [-0.4, -0.2) is 157 Å². The fourth-order valence-electron chi connectivity index (χ4n) is 12.9. The predicted molar refractivity (Wildman–Crippen MR) is 427 cm³/mol. The average molecular weight is 1500 g/mol. The maximum atomic E-state index is 14.4. The van der Waals surface area contributed by atoms with E-state index in [1.54, 1.807) is 0 Å². The standard InChI is InChI=1S/C81H158N10O12S/c1-4-7-10-13-16-19-22-25-28-31-34-37-40-55-74(93)87-67(65-104-66-68(103-76(95)57-42-39-36-33-30-27-24-21-18-15-12-9-6-3)64-102-75(94)56-41-38-35-32-29-26-23-20-17-14-11-8-5-2)62-86-73(63-92)80(99)90-70(52-44-48-59-83)78(97)88-69(51-43-47-58-82)77(96)89-71(53-45-49-60-84)79(98)91-72(81(100)101)54-46-50-61-85/h67-73,86,92H,4-66,82-85H2,1-3H3,(H,87,93)(H,88,97)(H,89,96)(H,90,99)(H,91,98)(H,100,101)/t67-,68?,69+,70+,71+,72+,73+/m1/s1. The van der Waals surface area contributed by atoms with Gasteiger partial charge in [-0.25, -0.2) is 4.79 Å². The Morgan fingerprint density at radius 1 is 0.346 bits per heavy atom. The molecule has 0 saturated carbocycles. The van der Waals surface area contributed by atoms with Gasteiger partial charge in [0.05, 0.1) is 12.6 Å². The summed E-state index contributed by atoms with van der Waals surface area (Å²) in [6.45, 7) is 7.30. The summed E-state index contributed by atoms with van der Waals surface area (Å²) in [5, 5.41) is 38.0. The molecule has 1 unspecified atom stereocenters. The van der Waals surface area contributed by atoms with Gasteiger partial charge in [0.2, 0.25) is 29.5 Å². The molecule has 0 heterocycles. The van der Waals surface area contributed by atoms with E-state index < -0.39 is 78.6 Å². The number of esters is 2. The summed E-state index contributed by atoms with van der Waals surface area (Å²) in [7, 11) is 0. The number of carboxylic acid groups (broad SMARTS) is 1. The van der Waals surface area contributed by atoms with Crippen molar-refractivity contribution in [1.29, 1.82) is 0 Å². The minimum Gasteiger partial charge on any atom is -0.480 e. The molecule has 5 amide bonds.